The van der Waals surface area contributed by atoms with Gasteiger partial charge in [-0.05, 0) is 47.7 Å². The zero-order chi connectivity index (χ0) is 14.7. The van der Waals surface area contributed by atoms with Crippen LogP contribution in [0.15, 0.2) is 24.3 Å². The molecule has 2 rings (SSSR count). The summed E-state index contributed by atoms with van der Waals surface area (Å²) in [5, 5.41) is 6.52. The van der Waals surface area contributed by atoms with Gasteiger partial charge in [0.25, 0.3) is 0 Å². The van der Waals surface area contributed by atoms with Gasteiger partial charge in [-0.3, -0.25) is 0 Å². The highest BCUT2D eigenvalue weighted by atomic mass is 127. The van der Waals surface area contributed by atoms with Crippen molar-refractivity contribution in [2.75, 3.05) is 17.7 Å². The third-order valence-electron chi connectivity index (χ3n) is 3.00. The molecule has 2 N–H and O–H groups in total. The first-order chi connectivity index (χ1) is 9.51. The second kappa shape index (κ2) is 6.39. The number of nitrogens with zero attached hydrogens (tertiary/aromatic N) is 2. The summed E-state index contributed by atoms with van der Waals surface area (Å²) in [4.78, 5) is 9.19. The van der Waals surface area contributed by atoms with Crippen LogP contribution in [0.4, 0.5) is 17.3 Å². The van der Waals surface area contributed by atoms with Crippen LogP contribution in [0.3, 0.4) is 0 Å². The van der Waals surface area contributed by atoms with Gasteiger partial charge in [-0.2, -0.15) is 0 Å². The third kappa shape index (κ3) is 3.39. The highest BCUT2D eigenvalue weighted by molar-refractivity contribution is 14.1. The molecule has 0 aliphatic heterocycles. The topological polar surface area (TPSA) is 49.8 Å². The lowest BCUT2D eigenvalue weighted by Crippen LogP contribution is -2.08. The number of aromatic nitrogens is 2. The molecule has 106 valence electrons. The van der Waals surface area contributed by atoms with E-state index in [0.717, 1.165) is 28.7 Å². The molecule has 5 heteroatoms. The molecule has 0 bridgehead atoms. The molecule has 0 unspecified atom stereocenters. The summed E-state index contributed by atoms with van der Waals surface area (Å²) in [6.07, 6.45) is 0. The van der Waals surface area contributed by atoms with Gasteiger partial charge in [0.05, 0.1) is 0 Å². The third-order valence-corrected chi connectivity index (χ3v) is 3.67. The van der Waals surface area contributed by atoms with E-state index >= 15 is 0 Å². The Morgan fingerprint density at radius 3 is 2.45 bits per heavy atom. The Labute approximate surface area is 133 Å². The predicted octanol–water partition coefficient (Wildman–Crippen LogP) is 4.30. The van der Waals surface area contributed by atoms with E-state index in [2.05, 4.69) is 69.2 Å². The molecule has 0 aliphatic rings. The molecule has 1 heterocycles. The molecule has 0 spiro atoms. The zero-order valence-corrected chi connectivity index (χ0v) is 14.3. The van der Waals surface area contributed by atoms with Gasteiger partial charge in [0, 0.05) is 27.8 Å². The molecular formula is C15H19IN4. The summed E-state index contributed by atoms with van der Waals surface area (Å²) >= 11 is 2.30. The van der Waals surface area contributed by atoms with Crippen LogP contribution in [-0.2, 0) is 0 Å². The van der Waals surface area contributed by atoms with E-state index in [0.29, 0.717) is 5.92 Å². The van der Waals surface area contributed by atoms with Crippen molar-refractivity contribution in [3.8, 4) is 0 Å². The fourth-order valence-corrected chi connectivity index (χ4v) is 2.40. The lowest BCUT2D eigenvalue weighted by molar-refractivity contribution is 0.775. The first-order valence-corrected chi connectivity index (χ1v) is 7.68. The largest absolute Gasteiger partial charge is 0.373 e. The quantitative estimate of drug-likeness (QED) is 0.775. The van der Waals surface area contributed by atoms with Crippen LogP contribution in [0.25, 0.3) is 0 Å². The number of anilines is 3. The first kappa shape index (κ1) is 15.0. The number of halogens is 1. The smallest absolute Gasteiger partial charge is 0.139 e. The fraction of sp³-hybridized carbons (Fsp3) is 0.333. The Balaban J connectivity index is 2.42. The Bertz CT molecular complexity index is 611. The van der Waals surface area contributed by atoms with Crippen molar-refractivity contribution >= 4 is 39.9 Å². The molecular weight excluding hydrogens is 363 g/mol. The van der Waals surface area contributed by atoms with E-state index in [1.54, 1.807) is 0 Å². The summed E-state index contributed by atoms with van der Waals surface area (Å²) in [5.41, 5.74) is 2.06. The fourth-order valence-electron chi connectivity index (χ4n) is 1.86. The van der Waals surface area contributed by atoms with Crippen molar-refractivity contribution in [3.05, 3.63) is 39.2 Å². The van der Waals surface area contributed by atoms with Gasteiger partial charge in [0.2, 0.25) is 0 Å². The van der Waals surface area contributed by atoms with Gasteiger partial charge < -0.3 is 10.6 Å². The molecule has 1 aromatic carbocycles. The van der Waals surface area contributed by atoms with Crippen molar-refractivity contribution in [1.29, 1.82) is 0 Å². The standard InChI is InChI=1S/C15H19IN4/c1-9(2)13-19-14(17-4)10(3)15(20-13)18-12-7-5-6-11(16)8-12/h5-9H,1-4H3,(H2,17,18,19,20). The number of hydrogen-bond acceptors (Lipinski definition) is 4. The van der Waals surface area contributed by atoms with Crippen LogP contribution in [0.5, 0.6) is 0 Å². The van der Waals surface area contributed by atoms with Crippen molar-refractivity contribution in [3.63, 3.8) is 0 Å². The molecule has 2 aromatic rings. The van der Waals surface area contributed by atoms with Crippen LogP contribution in [0.2, 0.25) is 0 Å². The maximum Gasteiger partial charge on any atom is 0.139 e. The maximum absolute atomic E-state index is 4.64. The second-order valence-corrected chi connectivity index (χ2v) is 6.19. The average molecular weight is 382 g/mol. The molecule has 0 saturated heterocycles. The lowest BCUT2D eigenvalue weighted by Gasteiger charge is -2.15. The average Bonchev–Trinajstić information content (AvgIpc) is 2.41. The minimum absolute atomic E-state index is 0.291. The molecule has 1 aromatic heterocycles. The molecule has 0 atom stereocenters. The minimum Gasteiger partial charge on any atom is -0.373 e. The number of hydrogen-bond donors (Lipinski definition) is 2. The SMILES string of the molecule is CNc1nc(C(C)C)nc(Nc2cccc(I)c2)c1C. The maximum atomic E-state index is 4.64. The summed E-state index contributed by atoms with van der Waals surface area (Å²) in [6, 6.07) is 8.23. The molecule has 0 amide bonds. The van der Waals surface area contributed by atoms with Gasteiger partial charge in [-0.15, -0.1) is 0 Å². The van der Waals surface area contributed by atoms with Gasteiger partial charge in [-0.1, -0.05) is 19.9 Å². The Morgan fingerprint density at radius 1 is 1.15 bits per heavy atom. The van der Waals surface area contributed by atoms with Crippen LogP contribution >= 0.6 is 22.6 Å². The van der Waals surface area contributed by atoms with Crippen molar-refractivity contribution in [2.24, 2.45) is 0 Å². The zero-order valence-electron chi connectivity index (χ0n) is 12.2. The number of nitrogens with one attached hydrogen (secondary N) is 2. The molecule has 0 fully saturated rings. The minimum atomic E-state index is 0.291. The highest BCUT2D eigenvalue weighted by Gasteiger charge is 2.12. The Hall–Kier alpha value is -1.37. The van der Waals surface area contributed by atoms with Crippen LogP contribution in [0.1, 0.15) is 31.2 Å². The van der Waals surface area contributed by atoms with E-state index in [4.69, 9.17) is 0 Å². The van der Waals surface area contributed by atoms with E-state index in [1.807, 2.05) is 26.1 Å². The molecule has 0 aliphatic carbocycles. The normalized spacial score (nSPS) is 10.7. The predicted molar refractivity (Wildman–Crippen MR) is 92.8 cm³/mol. The van der Waals surface area contributed by atoms with Crippen molar-refractivity contribution in [1.82, 2.24) is 9.97 Å². The van der Waals surface area contributed by atoms with Crippen molar-refractivity contribution < 1.29 is 0 Å². The van der Waals surface area contributed by atoms with Crippen LogP contribution < -0.4 is 10.6 Å². The first-order valence-electron chi connectivity index (χ1n) is 6.60. The summed E-state index contributed by atoms with van der Waals surface area (Å²) in [5.74, 6) is 2.86. The van der Waals surface area contributed by atoms with Gasteiger partial charge >= 0.3 is 0 Å². The monoisotopic (exact) mass is 382 g/mol. The molecule has 0 radical (unpaired) electrons. The Kier molecular flexibility index (Phi) is 4.80. The summed E-state index contributed by atoms with van der Waals surface area (Å²) < 4.78 is 1.19. The van der Waals surface area contributed by atoms with Gasteiger partial charge in [-0.25, -0.2) is 9.97 Å². The van der Waals surface area contributed by atoms with Gasteiger partial charge in [0.1, 0.15) is 17.5 Å². The lowest BCUT2D eigenvalue weighted by atomic mass is 10.2. The van der Waals surface area contributed by atoms with E-state index in [1.165, 1.54) is 3.57 Å². The van der Waals surface area contributed by atoms with Gasteiger partial charge in [0.15, 0.2) is 0 Å². The highest BCUT2D eigenvalue weighted by Crippen LogP contribution is 2.26. The van der Waals surface area contributed by atoms with Crippen molar-refractivity contribution in [2.45, 2.75) is 26.7 Å². The summed E-state index contributed by atoms with van der Waals surface area (Å²) in [6.45, 7) is 6.21. The van der Waals surface area contributed by atoms with Crippen LogP contribution in [-0.4, -0.2) is 17.0 Å². The second-order valence-electron chi connectivity index (χ2n) is 4.94. The van der Waals surface area contributed by atoms with E-state index in [9.17, 15) is 0 Å². The van der Waals surface area contributed by atoms with Crippen LogP contribution in [0, 0.1) is 10.5 Å². The molecule has 4 nitrogen and oxygen atoms in total. The molecule has 20 heavy (non-hydrogen) atoms. The number of benzene rings is 1. The number of rotatable bonds is 4. The summed E-state index contributed by atoms with van der Waals surface area (Å²) in [7, 11) is 1.88. The van der Waals surface area contributed by atoms with E-state index < -0.39 is 0 Å². The van der Waals surface area contributed by atoms with E-state index in [-0.39, 0.29) is 0 Å². The Morgan fingerprint density at radius 2 is 1.85 bits per heavy atom. The molecule has 0 saturated carbocycles.